The van der Waals surface area contributed by atoms with Gasteiger partial charge in [0.25, 0.3) is 0 Å². The Morgan fingerprint density at radius 1 is 1.11 bits per heavy atom. The van der Waals surface area contributed by atoms with Gasteiger partial charge in [-0.3, -0.25) is 9.69 Å². The van der Waals surface area contributed by atoms with Crippen molar-refractivity contribution in [1.29, 1.82) is 0 Å². The number of fused-ring (bicyclic) bond motifs is 2. The first-order valence-corrected chi connectivity index (χ1v) is 10.5. The fourth-order valence-corrected chi connectivity index (χ4v) is 5.25. The third-order valence-electron chi connectivity index (χ3n) is 6.50. The lowest BCUT2D eigenvalue weighted by molar-refractivity contribution is -0.123. The highest BCUT2D eigenvalue weighted by Crippen LogP contribution is 2.52. The van der Waals surface area contributed by atoms with E-state index in [1.54, 1.807) is 12.4 Å². The van der Waals surface area contributed by atoms with E-state index in [1.165, 1.54) is 0 Å². The van der Waals surface area contributed by atoms with Crippen molar-refractivity contribution in [3.63, 3.8) is 0 Å². The van der Waals surface area contributed by atoms with E-state index in [0.717, 1.165) is 62.7 Å². The Morgan fingerprint density at radius 3 is 2.61 bits per heavy atom. The summed E-state index contributed by atoms with van der Waals surface area (Å²) in [5.74, 6) is 1.60. The first-order chi connectivity index (χ1) is 13.7. The summed E-state index contributed by atoms with van der Waals surface area (Å²) in [6.45, 7) is 0. The monoisotopic (exact) mass is 398 g/mol. The topological polar surface area (TPSA) is 68.2 Å². The lowest BCUT2D eigenvalue weighted by atomic mass is 9.81. The van der Waals surface area contributed by atoms with Crippen LogP contribution in [0.3, 0.4) is 0 Å². The summed E-state index contributed by atoms with van der Waals surface area (Å²) in [4.78, 5) is 28.4. The number of rotatable bonds is 3. The number of nitrogens with zero attached hydrogens (tertiary/aromatic N) is 4. The number of carbonyl (C=O) groups excluding carboxylic acids is 1. The maximum absolute atomic E-state index is 13.5. The molecule has 0 aromatic carbocycles. The molecule has 2 aromatic heterocycles. The van der Waals surface area contributed by atoms with Gasteiger partial charge in [0.2, 0.25) is 17.1 Å². The van der Waals surface area contributed by atoms with E-state index in [-0.39, 0.29) is 23.3 Å². The van der Waals surface area contributed by atoms with Crippen LogP contribution in [0.1, 0.15) is 56.9 Å². The molecule has 3 aliphatic rings. The summed E-state index contributed by atoms with van der Waals surface area (Å²) in [7, 11) is 0. The molecular formula is C21H23ClN4O2. The second-order valence-electron chi connectivity index (χ2n) is 8.06. The van der Waals surface area contributed by atoms with E-state index in [4.69, 9.17) is 16.3 Å². The number of hydrogen-bond acceptors (Lipinski definition) is 5. The predicted molar refractivity (Wildman–Crippen MR) is 106 cm³/mol. The lowest BCUT2D eigenvalue weighted by Gasteiger charge is -2.35. The second kappa shape index (κ2) is 6.99. The van der Waals surface area contributed by atoms with Crippen molar-refractivity contribution in [3.8, 4) is 5.88 Å². The van der Waals surface area contributed by atoms with E-state index in [9.17, 15) is 4.79 Å². The van der Waals surface area contributed by atoms with E-state index in [2.05, 4.69) is 15.0 Å². The highest BCUT2D eigenvalue weighted by atomic mass is 35.5. The molecule has 1 spiro atoms. The van der Waals surface area contributed by atoms with Gasteiger partial charge in [0.05, 0.1) is 5.41 Å². The number of halogens is 1. The molecule has 0 radical (unpaired) electrons. The molecule has 146 valence electrons. The molecule has 2 aliphatic carbocycles. The summed E-state index contributed by atoms with van der Waals surface area (Å²) in [5, 5.41) is 0.207. The summed E-state index contributed by atoms with van der Waals surface area (Å²) >= 11 is 6.10. The van der Waals surface area contributed by atoms with Crippen LogP contribution in [0.15, 0.2) is 30.6 Å². The number of ether oxygens (including phenoxy) is 1. The zero-order chi connectivity index (χ0) is 19.1. The van der Waals surface area contributed by atoms with Crippen LogP contribution >= 0.6 is 11.6 Å². The number of carbonyl (C=O) groups is 1. The van der Waals surface area contributed by atoms with Crippen LogP contribution in [-0.4, -0.2) is 33.0 Å². The van der Waals surface area contributed by atoms with Crippen LogP contribution in [-0.2, 0) is 10.2 Å². The number of anilines is 1. The maximum atomic E-state index is 13.5. The van der Waals surface area contributed by atoms with E-state index in [0.29, 0.717) is 5.88 Å². The van der Waals surface area contributed by atoms with Crippen LogP contribution in [0, 0.1) is 0 Å². The molecular weight excluding hydrogens is 376 g/mol. The maximum Gasteiger partial charge on any atom is 0.239 e. The third-order valence-corrected chi connectivity index (χ3v) is 6.68. The molecule has 1 amide bonds. The molecule has 2 aromatic rings. The minimum atomic E-state index is -0.429. The van der Waals surface area contributed by atoms with Crippen molar-refractivity contribution in [2.45, 2.75) is 68.9 Å². The Balaban J connectivity index is 1.36. The van der Waals surface area contributed by atoms with Crippen LogP contribution in [0.25, 0.3) is 0 Å². The molecule has 0 saturated heterocycles. The van der Waals surface area contributed by atoms with Crippen LogP contribution in [0.4, 0.5) is 5.82 Å². The third kappa shape index (κ3) is 2.85. The minimum Gasteiger partial charge on any atom is -0.474 e. The molecule has 0 bridgehead atoms. The smallest absolute Gasteiger partial charge is 0.239 e. The van der Waals surface area contributed by atoms with Gasteiger partial charge in [0.1, 0.15) is 11.9 Å². The molecule has 0 atom stereocenters. The molecule has 0 N–H and O–H groups in total. The van der Waals surface area contributed by atoms with E-state index < -0.39 is 5.41 Å². The minimum absolute atomic E-state index is 0.137. The molecule has 1 aliphatic heterocycles. The zero-order valence-electron chi connectivity index (χ0n) is 15.7. The molecule has 6 nitrogen and oxygen atoms in total. The van der Waals surface area contributed by atoms with Gasteiger partial charge in [0.15, 0.2) is 0 Å². The number of aromatic nitrogens is 3. The summed E-state index contributed by atoms with van der Waals surface area (Å²) < 4.78 is 6.01. The molecule has 7 heteroatoms. The largest absolute Gasteiger partial charge is 0.474 e. The fourth-order valence-electron chi connectivity index (χ4n) is 5.12. The Bertz CT molecular complexity index is 877. The lowest BCUT2D eigenvalue weighted by Crippen LogP contribution is -2.46. The average Bonchev–Trinajstić information content (AvgIpc) is 3.29. The van der Waals surface area contributed by atoms with Crippen molar-refractivity contribution in [3.05, 3.63) is 41.4 Å². The molecule has 2 fully saturated rings. The standard InChI is InChI=1S/C21H23ClN4O2/c22-20-24-13-16-18(25-20)26(19(27)21(16)10-2-3-11-21)14-6-8-15(9-7-14)28-17-5-1-4-12-23-17/h1,4-5,12-15H,2-3,6-11H2. The Hall–Kier alpha value is -2.21. The van der Waals surface area contributed by atoms with Gasteiger partial charge in [-0.05, 0) is 56.2 Å². The van der Waals surface area contributed by atoms with Crippen molar-refractivity contribution >= 4 is 23.3 Å². The highest BCUT2D eigenvalue weighted by molar-refractivity contribution is 6.28. The number of hydrogen-bond donors (Lipinski definition) is 0. The summed E-state index contributed by atoms with van der Waals surface area (Å²) in [6.07, 6.45) is 11.2. The van der Waals surface area contributed by atoms with Crippen LogP contribution < -0.4 is 9.64 Å². The van der Waals surface area contributed by atoms with Crippen LogP contribution in [0.2, 0.25) is 5.28 Å². The Labute approximate surface area is 169 Å². The second-order valence-corrected chi connectivity index (χ2v) is 8.40. The zero-order valence-corrected chi connectivity index (χ0v) is 16.4. The van der Waals surface area contributed by atoms with Gasteiger partial charge in [-0.2, -0.15) is 4.98 Å². The Kier molecular flexibility index (Phi) is 4.46. The number of amides is 1. The fraction of sp³-hybridized carbons (Fsp3) is 0.524. The number of pyridine rings is 1. The van der Waals surface area contributed by atoms with Crippen molar-refractivity contribution in [2.75, 3.05) is 4.90 Å². The van der Waals surface area contributed by atoms with E-state index >= 15 is 0 Å². The van der Waals surface area contributed by atoms with Gasteiger partial charge in [-0.25, -0.2) is 9.97 Å². The quantitative estimate of drug-likeness (QED) is 0.729. The van der Waals surface area contributed by atoms with Gasteiger partial charge in [0, 0.05) is 30.1 Å². The highest BCUT2D eigenvalue weighted by Gasteiger charge is 2.55. The van der Waals surface area contributed by atoms with Crippen molar-refractivity contribution in [1.82, 2.24) is 15.0 Å². The SMILES string of the molecule is O=C1N(C2CCC(Oc3ccccn3)CC2)c2nc(Cl)ncc2C12CCCC2. The molecule has 5 rings (SSSR count). The van der Waals surface area contributed by atoms with Crippen molar-refractivity contribution in [2.24, 2.45) is 0 Å². The first-order valence-electron chi connectivity index (χ1n) is 10.1. The Morgan fingerprint density at radius 2 is 1.89 bits per heavy atom. The summed E-state index contributed by atoms with van der Waals surface area (Å²) in [6, 6.07) is 5.83. The van der Waals surface area contributed by atoms with Crippen LogP contribution in [0.5, 0.6) is 5.88 Å². The van der Waals surface area contributed by atoms with E-state index in [1.807, 2.05) is 23.1 Å². The normalized spacial score (nSPS) is 25.9. The molecule has 3 heterocycles. The predicted octanol–water partition coefficient (Wildman–Crippen LogP) is 4.07. The van der Waals surface area contributed by atoms with Gasteiger partial charge in [-0.15, -0.1) is 0 Å². The average molecular weight is 399 g/mol. The molecule has 0 unspecified atom stereocenters. The van der Waals surface area contributed by atoms with Gasteiger partial charge in [-0.1, -0.05) is 18.9 Å². The molecule has 28 heavy (non-hydrogen) atoms. The first kappa shape index (κ1) is 17.9. The van der Waals surface area contributed by atoms with Gasteiger partial charge < -0.3 is 4.74 Å². The van der Waals surface area contributed by atoms with Crippen molar-refractivity contribution < 1.29 is 9.53 Å². The summed E-state index contributed by atoms with van der Waals surface area (Å²) in [5.41, 5.74) is 0.549. The van der Waals surface area contributed by atoms with Gasteiger partial charge >= 0.3 is 0 Å². The molecule has 2 saturated carbocycles.